The van der Waals surface area contributed by atoms with E-state index in [-0.39, 0.29) is 11.8 Å². The first-order chi connectivity index (χ1) is 14.3. The molecular formula is C21H32F3N5O. The van der Waals surface area contributed by atoms with Crippen LogP contribution in [0.2, 0.25) is 0 Å². The number of aliphatic imine (C=N–C) groups is 1. The maximum atomic E-state index is 12.7. The van der Waals surface area contributed by atoms with Crippen molar-refractivity contribution in [1.82, 2.24) is 20.4 Å². The Morgan fingerprint density at radius 2 is 2.13 bits per heavy atom. The first-order valence-electron chi connectivity index (χ1n) is 10.3. The van der Waals surface area contributed by atoms with Crippen LogP contribution >= 0.6 is 0 Å². The molecule has 1 aliphatic heterocycles. The molecule has 0 aliphatic carbocycles. The second-order valence-electron chi connectivity index (χ2n) is 7.55. The normalized spacial score (nSPS) is 17.5. The highest BCUT2D eigenvalue weighted by Gasteiger charge is 2.32. The number of amides is 1. The number of carbonyl (C=O) groups excluding carboxylic acids is 1. The highest BCUT2D eigenvalue weighted by atomic mass is 19.4. The molecule has 30 heavy (non-hydrogen) atoms. The van der Waals surface area contributed by atoms with Crippen LogP contribution in [0, 0.1) is 5.92 Å². The Bertz CT molecular complexity index is 723. The summed E-state index contributed by atoms with van der Waals surface area (Å²) in [5.41, 5.74) is 1.67. The molecule has 9 heteroatoms. The summed E-state index contributed by atoms with van der Waals surface area (Å²) < 4.78 is 38.1. The molecule has 1 amide bonds. The molecule has 1 aliphatic rings. The van der Waals surface area contributed by atoms with E-state index >= 15 is 0 Å². The van der Waals surface area contributed by atoms with Crippen molar-refractivity contribution in [1.29, 1.82) is 0 Å². The summed E-state index contributed by atoms with van der Waals surface area (Å²) in [6.07, 6.45) is -2.58. The molecule has 0 radical (unpaired) electrons. The van der Waals surface area contributed by atoms with Crippen molar-refractivity contribution in [2.45, 2.75) is 25.9 Å². The summed E-state index contributed by atoms with van der Waals surface area (Å²) in [6.45, 7) is 3.86. The van der Waals surface area contributed by atoms with Crippen molar-refractivity contribution < 1.29 is 18.0 Å². The Morgan fingerprint density at radius 3 is 2.77 bits per heavy atom. The standard InChI is InChI=1S/C21H32F3N5O/c1-4-28(15-21(22,23)24)13-17-9-11-29(14-17)20(26-3)27-10-8-16-6-5-7-18(12-16)19(30)25-2/h5-7,12,17H,4,8-11,13-15H2,1-3H3,(H,25,30)(H,26,27). The van der Waals surface area contributed by atoms with Gasteiger partial charge in [-0.2, -0.15) is 13.2 Å². The van der Waals surface area contributed by atoms with Gasteiger partial charge in [0, 0.05) is 45.8 Å². The summed E-state index contributed by atoms with van der Waals surface area (Å²) in [6, 6.07) is 7.48. The highest BCUT2D eigenvalue weighted by Crippen LogP contribution is 2.21. The van der Waals surface area contributed by atoms with Crippen LogP contribution in [0.3, 0.4) is 0 Å². The topological polar surface area (TPSA) is 60.0 Å². The Kier molecular flexibility index (Phi) is 8.95. The largest absolute Gasteiger partial charge is 0.401 e. The lowest BCUT2D eigenvalue weighted by molar-refractivity contribution is -0.146. The molecule has 2 rings (SSSR count). The van der Waals surface area contributed by atoms with Gasteiger partial charge in [-0.25, -0.2) is 0 Å². The number of alkyl halides is 3. The van der Waals surface area contributed by atoms with Crippen molar-refractivity contribution in [2.24, 2.45) is 10.9 Å². The third-order valence-electron chi connectivity index (χ3n) is 5.28. The number of hydrogen-bond donors (Lipinski definition) is 2. The summed E-state index contributed by atoms with van der Waals surface area (Å²) in [5, 5.41) is 5.95. The van der Waals surface area contributed by atoms with E-state index in [1.807, 2.05) is 18.2 Å². The van der Waals surface area contributed by atoms with Crippen LogP contribution in [0.15, 0.2) is 29.3 Å². The molecule has 1 saturated heterocycles. The lowest BCUT2D eigenvalue weighted by Crippen LogP contribution is -2.42. The average molecular weight is 428 g/mol. The van der Waals surface area contributed by atoms with Crippen LogP contribution in [-0.2, 0) is 6.42 Å². The predicted molar refractivity (Wildman–Crippen MR) is 113 cm³/mol. The van der Waals surface area contributed by atoms with E-state index in [0.29, 0.717) is 31.7 Å². The third-order valence-corrected chi connectivity index (χ3v) is 5.28. The Labute approximate surface area is 176 Å². The minimum Gasteiger partial charge on any atom is -0.356 e. The van der Waals surface area contributed by atoms with E-state index in [1.165, 1.54) is 4.90 Å². The van der Waals surface area contributed by atoms with Crippen LogP contribution in [0.5, 0.6) is 0 Å². The number of benzene rings is 1. The molecule has 1 fully saturated rings. The van der Waals surface area contributed by atoms with Gasteiger partial charge in [0.15, 0.2) is 5.96 Å². The van der Waals surface area contributed by atoms with Gasteiger partial charge in [0.2, 0.25) is 0 Å². The van der Waals surface area contributed by atoms with E-state index in [9.17, 15) is 18.0 Å². The van der Waals surface area contributed by atoms with E-state index < -0.39 is 12.7 Å². The lowest BCUT2D eigenvalue weighted by Gasteiger charge is -2.26. The Morgan fingerprint density at radius 1 is 1.37 bits per heavy atom. The molecule has 0 bridgehead atoms. The number of nitrogens with one attached hydrogen (secondary N) is 2. The number of nitrogens with zero attached hydrogens (tertiary/aromatic N) is 3. The van der Waals surface area contributed by atoms with Gasteiger partial charge < -0.3 is 15.5 Å². The van der Waals surface area contributed by atoms with Crippen LogP contribution in [0.4, 0.5) is 13.2 Å². The number of hydrogen-bond acceptors (Lipinski definition) is 3. The maximum Gasteiger partial charge on any atom is 0.401 e. The zero-order valence-electron chi connectivity index (χ0n) is 17.9. The van der Waals surface area contributed by atoms with E-state index in [1.54, 1.807) is 27.1 Å². The lowest BCUT2D eigenvalue weighted by atomic mass is 10.1. The molecule has 1 atom stereocenters. The van der Waals surface area contributed by atoms with Crippen LogP contribution in [0.1, 0.15) is 29.3 Å². The zero-order chi connectivity index (χ0) is 22.1. The molecule has 2 N–H and O–H groups in total. The number of guanidine groups is 1. The molecule has 1 aromatic rings. The van der Waals surface area contributed by atoms with Crippen molar-refractivity contribution in [3.63, 3.8) is 0 Å². The van der Waals surface area contributed by atoms with Gasteiger partial charge in [0.25, 0.3) is 5.91 Å². The molecule has 1 unspecified atom stereocenters. The fourth-order valence-corrected chi connectivity index (χ4v) is 3.76. The van der Waals surface area contributed by atoms with Gasteiger partial charge in [0.1, 0.15) is 0 Å². The molecule has 0 saturated carbocycles. The van der Waals surface area contributed by atoms with Crippen LogP contribution < -0.4 is 10.6 Å². The van der Waals surface area contributed by atoms with Gasteiger partial charge in [0.05, 0.1) is 6.54 Å². The van der Waals surface area contributed by atoms with E-state index in [2.05, 4.69) is 20.5 Å². The molecule has 1 aromatic carbocycles. The summed E-state index contributed by atoms with van der Waals surface area (Å²) in [5.74, 6) is 0.837. The molecule has 168 valence electrons. The van der Waals surface area contributed by atoms with Crippen LogP contribution in [-0.4, -0.2) is 81.2 Å². The number of halogens is 3. The molecule has 0 spiro atoms. The third kappa shape index (κ3) is 7.51. The smallest absolute Gasteiger partial charge is 0.356 e. The van der Waals surface area contributed by atoms with Gasteiger partial charge >= 0.3 is 6.18 Å². The van der Waals surface area contributed by atoms with Gasteiger partial charge in [-0.15, -0.1) is 0 Å². The Balaban J connectivity index is 1.82. The minimum atomic E-state index is -4.17. The fraction of sp³-hybridized carbons (Fsp3) is 0.619. The van der Waals surface area contributed by atoms with Crippen molar-refractivity contribution >= 4 is 11.9 Å². The van der Waals surface area contributed by atoms with Gasteiger partial charge in [-0.1, -0.05) is 19.1 Å². The minimum absolute atomic E-state index is 0.115. The SMILES string of the molecule is CCN(CC1CCN(C(=NC)NCCc2cccc(C(=O)NC)c2)C1)CC(F)(F)F. The average Bonchev–Trinajstić information content (AvgIpc) is 3.17. The summed E-state index contributed by atoms with van der Waals surface area (Å²) in [7, 11) is 3.32. The van der Waals surface area contributed by atoms with Crippen molar-refractivity contribution in [2.75, 3.05) is 53.4 Å². The maximum absolute atomic E-state index is 12.7. The van der Waals surface area contributed by atoms with Gasteiger partial charge in [-0.05, 0) is 43.0 Å². The van der Waals surface area contributed by atoms with E-state index in [4.69, 9.17) is 0 Å². The van der Waals surface area contributed by atoms with Crippen molar-refractivity contribution in [3.05, 3.63) is 35.4 Å². The Hall–Kier alpha value is -2.29. The number of rotatable bonds is 8. The molecule has 1 heterocycles. The highest BCUT2D eigenvalue weighted by molar-refractivity contribution is 5.94. The molecular weight excluding hydrogens is 395 g/mol. The van der Waals surface area contributed by atoms with Crippen LogP contribution in [0.25, 0.3) is 0 Å². The molecule has 6 nitrogen and oxygen atoms in total. The second-order valence-corrected chi connectivity index (χ2v) is 7.55. The number of likely N-dealkylation sites (tertiary alicyclic amines) is 1. The summed E-state index contributed by atoms with van der Waals surface area (Å²) in [4.78, 5) is 19.6. The summed E-state index contributed by atoms with van der Waals surface area (Å²) >= 11 is 0. The monoisotopic (exact) mass is 427 g/mol. The quantitative estimate of drug-likeness (QED) is 0.494. The zero-order valence-corrected chi connectivity index (χ0v) is 17.9. The van der Waals surface area contributed by atoms with E-state index in [0.717, 1.165) is 30.9 Å². The van der Waals surface area contributed by atoms with Crippen molar-refractivity contribution in [3.8, 4) is 0 Å². The van der Waals surface area contributed by atoms with Gasteiger partial charge in [-0.3, -0.25) is 14.7 Å². The predicted octanol–water partition coefficient (Wildman–Crippen LogP) is 2.37. The number of carbonyl (C=O) groups is 1. The first-order valence-corrected chi connectivity index (χ1v) is 10.3. The second kappa shape index (κ2) is 11.2. The fourth-order valence-electron chi connectivity index (χ4n) is 3.76. The molecule has 0 aromatic heterocycles. The first kappa shape index (κ1) is 24.0.